The summed E-state index contributed by atoms with van der Waals surface area (Å²) in [7, 11) is 0. The molecule has 0 amide bonds. The minimum atomic E-state index is -0.961. The van der Waals surface area contributed by atoms with Gasteiger partial charge in [-0.1, -0.05) is 12.1 Å². The summed E-state index contributed by atoms with van der Waals surface area (Å²) >= 11 is 5.90. The number of benzene rings is 2. The smallest absolute Gasteiger partial charge is 0.335 e. The Morgan fingerprint density at radius 2 is 1.74 bits per heavy atom. The van der Waals surface area contributed by atoms with Crippen LogP contribution < -0.4 is 15.1 Å². The molecule has 2 aromatic heterocycles. The monoisotopic (exact) mass is 525 g/mol. The fourth-order valence-electron chi connectivity index (χ4n) is 5.24. The maximum Gasteiger partial charge on any atom is 0.335 e. The van der Waals surface area contributed by atoms with E-state index in [1.165, 1.54) is 0 Å². The summed E-state index contributed by atoms with van der Waals surface area (Å²) in [6.07, 6.45) is 3.74. The lowest BCUT2D eigenvalue weighted by Crippen LogP contribution is -2.36. The predicted octanol–water partition coefficient (Wildman–Crippen LogP) is 4.58. The van der Waals surface area contributed by atoms with Crippen molar-refractivity contribution in [3.05, 3.63) is 108 Å². The van der Waals surface area contributed by atoms with E-state index in [2.05, 4.69) is 50.4 Å². The van der Waals surface area contributed by atoms with Gasteiger partial charge in [0.2, 0.25) is 0 Å². The second kappa shape index (κ2) is 10.3. The largest absolute Gasteiger partial charge is 0.478 e. The topological polar surface area (TPSA) is 82.9 Å². The number of aromatic nitrogens is 2. The minimum absolute atomic E-state index is 0.209. The van der Waals surface area contributed by atoms with Crippen molar-refractivity contribution in [2.45, 2.75) is 12.1 Å². The first kappa shape index (κ1) is 24.1. The third kappa shape index (κ3) is 4.51. The molecule has 8 nitrogen and oxygen atoms in total. The summed E-state index contributed by atoms with van der Waals surface area (Å²) in [5.74, 6) is -0.961. The van der Waals surface area contributed by atoms with Gasteiger partial charge in [0, 0.05) is 48.2 Å². The number of carboxylic acid groups (broad SMARTS) is 1. The third-order valence-corrected chi connectivity index (χ3v) is 7.37. The van der Waals surface area contributed by atoms with E-state index in [1.807, 2.05) is 41.1 Å². The first-order valence-electron chi connectivity index (χ1n) is 12.5. The molecular formula is C29H27N5O3S. The average molecular weight is 526 g/mol. The lowest BCUT2D eigenvalue weighted by Gasteiger charge is -2.31. The third-order valence-electron chi connectivity index (χ3n) is 7.06. The number of nitrogens with zero attached hydrogens (tertiary/aromatic N) is 4. The van der Waals surface area contributed by atoms with Gasteiger partial charge in [0.1, 0.15) is 6.04 Å². The van der Waals surface area contributed by atoms with Gasteiger partial charge in [-0.25, -0.2) is 4.79 Å². The maximum absolute atomic E-state index is 11.7. The molecule has 2 N–H and O–H groups in total. The molecule has 4 aromatic rings. The summed E-state index contributed by atoms with van der Waals surface area (Å²) in [5.41, 5.74) is 4.97. The quantitative estimate of drug-likeness (QED) is 0.354. The number of ether oxygens (including phenoxy) is 1. The molecule has 2 aliphatic heterocycles. The molecule has 0 bridgehead atoms. The molecule has 0 radical (unpaired) electrons. The Kier molecular flexibility index (Phi) is 6.53. The summed E-state index contributed by atoms with van der Waals surface area (Å²) in [4.78, 5) is 20.8. The normalized spacial score (nSPS) is 19.4. The zero-order valence-electron chi connectivity index (χ0n) is 20.6. The van der Waals surface area contributed by atoms with Crippen LogP contribution in [0.1, 0.15) is 33.8 Å². The maximum atomic E-state index is 11.7. The van der Waals surface area contributed by atoms with E-state index < -0.39 is 5.97 Å². The van der Waals surface area contributed by atoms with Crippen molar-refractivity contribution in [3.63, 3.8) is 0 Å². The van der Waals surface area contributed by atoms with E-state index in [4.69, 9.17) is 17.0 Å². The van der Waals surface area contributed by atoms with Crippen LogP contribution >= 0.6 is 12.2 Å². The Labute approximate surface area is 226 Å². The lowest BCUT2D eigenvalue weighted by molar-refractivity contribution is 0.0697. The number of aromatic carboxylic acids is 1. The Morgan fingerprint density at radius 3 is 2.47 bits per heavy atom. The molecular weight excluding hydrogens is 498 g/mol. The molecule has 0 spiro atoms. The van der Waals surface area contributed by atoms with Crippen molar-refractivity contribution in [1.82, 2.24) is 14.9 Å². The first-order valence-corrected chi connectivity index (χ1v) is 13.0. The van der Waals surface area contributed by atoms with Gasteiger partial charge in [-0.2, -0.15) is 0 Å². The van der Waals surface area contributed by atoms with Crippen LogP contribution in [0.25, 0.3) is 5.69 Å². The molecule has 38 heavy (non-hydrogen) atoms. The van der Waals surface area contributed by atoms with Gasteiger partial charge in [-0.15, -0.1) is 0 Å². The standard InChI is InChI=1S/C29H27N5O3S/c35-28(36)20-5-3-6-23(19-20)33-14-4-8-25(33)27-26(24-7-1-2-13-30-24)31-29(38)34(27)22-11-9-21(10-12-22)32-15-17-37-18-16-32/h1-14,19,26-27H,15-18H2,(H,31,38)(H,35,36)/t26-,27-/m0/s1. The number of morpholine rings is 1. The van der Waals surface area contributed by atoms with Crippen LogP contribution in [0.3, 0.4) is 0 Å². The molecule has 6 rings (SSSR count). The number of carbonyl (C=O) groups is 1. The van der Waals surface area contributed by atoms with Crippen LogP contribution in [0, 0.1) is 0 Å². The molecule has 2 aliphatic rings. The highest BCUT2D eigenvalue weighted by atomic mass is 32.1. The molecule has 2 saturated heterocycles. The van der Waals surface area contributed by atoms with Crippen LogP contribution in [0.5, 0.6) is 0 Å². The molecule has 0 aliphatic carbocycles. The molecule has 9 heteroatoms. The summed E-state index contributed by atoms with van der Waals surface area (Å²) in [5, 5.41) is 13.7. The average Bonchev–Trinajstić information content (AvgIpc) is 3.58. The fourth-order valence-corrected chi connectivity index (χ4v) is 5.58. The first-order chi connectivity index (χ1) is 18.6. The van der Waals surface area contributed by atoms with Gasteiger partial charge in [0.25, 0.3) is 0 Å². The van der Waals surface area contributed by atoms with Crippen LogP contribution in [-0.4, -0.2) is 52.0 Å². The van der Waals surface area contributed by atoms with E-state index in [0.717, 1.165) is 54.8 Å². The number of anilines is 2. The van der Waals surface area contributed by atoms with E-state index in [-0.39, 0.29) is 17.6 Å². The number of hydrogen-bond acceptors (Lipinski definition) is 5. The number of carboxylic acids is 1. The van der Waals surface area contributed by atoms with E-state index in [1.54, 1.807) is 24.4 Å². The van der Waals surface area contributed by atoms with Gasteiger partial charge < -0.3 is 29.5 Å². The molecule has 2 fully saturated rings. The van der Waals surface area contributed by atoms with Crippen molar-refractivity contribution in [1.29, 1.82) is 0 Å². The van der Waals surface area contributed by atoms with Crippen LogP contribution in [0.15, 0.2) is 91.3 Å². The Hall–Kier alpha value is -4.21. The molecule has 4 heterocycles. The number of thiocarbonyl (C=S) groups is 1. The number of pyridine rings is 1. The van der Waals surface area contributed by atoms with Crippen LogP contribution in [0.2, 0.25) is 0 Å². The van der Waals surface area contributed by atoms with Gasteiger partial charge in [-0.3, -0.25) is 4.98 Å². The van der Waals surface area contributed by atoms with E-state index >= 15 is 0 Å². The summed E-state index contributed by atoms with van der Waals surface area (Å²) in [6, 6.07) is 24.9. The zero-order valence-corrected chi connectivity index (χ0v) is 21.4. The SMILES string of the molecule is O=C(O)c1cccc(-n2cccc2[C@H]2[C@H](c3ccccn3)NC(=S)N2c2ccc(N3CCOCC3)cc2)c1. The molecule has 192 valence electrons. The van der Waals surface area contributed by atoms with Crippen LogP contribution in [-0.2, 0) is 4.74 Å². The second-order valence-electron chi connectivity index (χ2n) is 9.27. The molecule has 0 saturated carbocycles. The van der Waals surface area contributed by atoms with Gasteiger partial charge in [0.05, 0.1) is 30.5 Å². The van der Waals surface area contributed by atoms with Crippen molar-refractivity contribution < 1.29 is 14.6 Å². The Morgan fingerprint density at radius 1 is 0.947 bits per heavy atom. The van der Waals surface area contributed by atoms with E-state index in [9.17, 15) is 9.90 Å². The summed E-state index contributed by atoms with van der Waals surface area (Å²) < 4.78 is 7.53. The summed E-state index contributed by atoms with van der Waals surface area (Å²) in [6.45, 7) is 3.21. The molecule has 2 atom stereocenters. The van der Waals surface area contributed by atoms with Gasteiger partial charge in [-0.05, 0) is 78.9 Å². The van der Waals surface area contributed by atoms with Crippen molar-refractivity contribution >= 4 is 34.7 Å². The highest BCUT2D eigenvalue weighted by Crippen LogP contribution is 2.42. The van der Waals surface area contributed by atoms with Crippen LogP contribution in [0.4, 0.5) is 11.4 Å². The Bertz CT molecular complexity index is 1450. The lowest BCUT2D eigenvalue weighted by atomic mass is 10.0. The minimum Gasteiger partial charge on any atom is -0.478 e. The number of rotatable bonds is 6. The Balaban J connectivity index is 1.42. The predicted molar refractivity (Wildman–Crippen MR) is 150 cm³/mol. The van der Waals surface area contributed by atoms with Crippen molar-refractivity contribution in [2.75, 3.05) is 36.1 Å². The molecule has 0 unspecified atom stereocenters. The fraction of sp³-hybridized carbons (Fsp3) is 0.207. The van der Waals surface area contributed by atoms with E-state index in [0.29, 0.717) is 5.11 Å². The highest BCUT2D eigenvalue weighted by molar-refractivity contribution is 7.80. The second-order valence-corrected chi connectivity index (χ2v) is 9.66. The number of hydrogen-bond donors (Lipinski definition) is 2. The highest BCUT2D eigenvalue weighted by Gasteiger charge is 2.42. The van der Waals surface area contributed by atoms with Crippen molar-refractivity contribution in [2.24, 2.45) is 0 Å². The van der Waals surface area contributed by atoms with Gasteiger partial charge in [0.15, 0.2) is 5.11 Å². The van der Waals surface area contributed by atoms with Crippen molar-refractivity contribution in [3.8, 4) is 5.69 Å². The van der Waals surface area contributed by atoms with Gasteiger partial charge >= 0.3 is 5.97 Å². The molecule has 2 aromatic carbocycles. The number of nitrogens with one attached hydrogen (secondary N) is 1. The zero-order chi connectivity index (χ0) is 26.1.